The molecule has 0 aromatic rings. The normalized spacial score (nSPS) is 47.2. The lowest BCUT2D eigenvalue weighted by Crippen LogP contribution is -2.59. The number of esters is 1. The van der Waals surface area contributed by atoms with Crippen LogP contribution in [-0.2, 0) is 9.53 Å². The van der Waals surface area contributed by atoms with Gasteiger partial charge in [0.25, 0.3) is 0 Å². The molecule has 9 atom stereocenters. The summed E-state index contributed by atoms with van der Waals surface area (Å²) in [5.41, 5.74) is -2.84. The molecule has 0 aromatic heterocycles. The van der Waals surface area contributed by atoms with Crippen molar-refractivity contribution in [1.29, 1.82) is 0 Å². The highest BCUT2D eigenvalue weighted by Crippen LogP contribution is 2.64. The first-order valence-electron chi connectivity index (χ1n) is 8.93. The second-order valence-electron chi connectivity index (χ2n) is 8.43. The summed E-state index contributed by atoms with van der Waals surface area (Å²) >= 11 is 0. The molecule has 0 heterocycles. The average molecular weight is 348 g/mol. The maximum atomic E-state index is 13.4. The van der Waals surface area contributed by atoms with Crippen LogP contribution in [0, 0.1) is 41.4 Å². The molecule has 0 aromatic carbocycles. The Morgan fingerprint density at radius 3 is 2.21 bits per heavy atom. The van der Waals surface area contributed by atoms with Crippen LogP contribution in [0.4, 0.5) is 13.2 Å². The second kappa shape index (κ2) is 5.61. The summed E-state index contributed by atoms with van der Waals surface area (Å²) in [6, 6.07) is 0. The third-order valence-electron chi connectivity index (χ3n) is 7.45. The van der Waals surface area contributed by atoms with Crippen molar-refractivity contribution in [2.45, 2.75) is 64.8 Å². The molecule has 0 spiro atoms. The highest BCUT2D eigenvalue weighted by molar-refractivity contribution is 5.66. The molecule has 0 aliphatic heterocycles. The Morgan fingerprint density at radius 1 is 1.08 bits per heavy atom. The van der Waals surface area contributed by atoms with E-state index in [1.54, 1.807) is 0 Å². The molecule has 3 saturated carbocycles. The van der Waals surface area contributed by atoms with E-state index < -0.39 is 29.8 Å². The summed E-state index contributed by atoms with van der Waals surface area (Å²) < 4.78 is 45.7. The summed E-state index contributed by atoms with van der Waals surface area (Å²) in [6.07, 6.45) is -3.65. The number of alkyl halides is 3. The van der Waals surface area contributed by atoms with Gasteiger partial charge in [0.1, 0.15) is 6.10 Å². The van der Waals surface area contributed by atoms with Crippen molar-refractivity contribution in [3.63, 3.8) is 0 Å². The van der Waals surface area contributed by atoms with Crippen LogP contribution < -0.4 is 0 Å². The summed E-state index contributed by atoms with van der Waals surface area (Å²) in [4.78, 5) is 11.6. The predicted molar refractivity (Wildman–Crippen MR) is 81.9 cm³/mol. The minimum Gasteiger partial charge on any atom is -0.462 e. The van der Waals surface area contributed by atoms with Gasteiger partial charge < -0.3 is 9.84 Å². The maximum Gasteiger partial charge on any atom is 0.417 e. The van der Waals surface area contributed by atoms with E-state index in [1.807, 2.05) is 0 Å². The smallest absolute Gasteiger partial charge is 0.417 e. The molecule has 3 aliphatic carbocycles. The summed E-state index contributed by atoms with van der Waals surface area (Å²) in [6.45, 7) is 6.45. The van der Waals surface area contributed by atoms with E-state index in [4.69, 9.17) is 4.74 Å². The Balaban J connectivity index is 1.95. The summed E-state index contributed by atoms with van der Waals surface area (Å²) in [5.74, 6) is 0.369. The second-order valence-corrected chi connectivity index (χ2v) is 8.43. The third kappa shape index (κ3) is 2.47. The molecular formula is C18H27F3O3. The molecule has 3 rings (SSSR count). The lowest BCUT2D eigenvalue weighted by molar-refractivity contribution is -0.292. The van der Waals surface area contributed by atoms with Gasteiger partial charge in [-0.05, 0) is 55.8 Å². The van der Waals surface area contributed by atoms with Gasteiger partial charge in [0.15, 0.2) is 5.60 Å². The number of carbonyl (C=O) groups excluding carboxylic acids is 1. The standard InChI is InChI=1S/C18H27F3O3/c1-8-9(2)13-7-12(8)11-5-6-14(17(4,23)18(19,20)21)16(15(11)13)24-10(3)22/h8-9,11-16,23H,5-7H2,1-4H3. The number of fused-ring (bicyclic) bond motifs is 5. The summed E-state index contributed by atoms with van der Waals surface area (Å²) in [5, 5.41) is 10.3. The van der Waals surface area contributed by atoms with Crippen molar-refractivity contribution in [2.75, 3.05) is 0 Å². The van der Waals surface area contributed by atoms with Gasteiger partial charge in [0.05, 0.1) is 0 Å². The van der Waals surface area contributed by atoms with Crippen LogP contribution in [0.2, 0.25) is 0 Å². The Morgan fingerprint density at radius 2 is 1.67 bits per heavy atom. The molecule has 138 valence electrons. The lowest BCUT2D eigenvalue weighted by atomic mass is 9.58. The zero-order valence-corrected chi connectivity index (χ0v) is 14.6. The molecule has 3 nitrogen and oxygen atoms in total. The number of hydrogen-bond acceptors (Lipinski definition) is 3. The van der Waals surface area contributed by atoms with Gasteiger partial charge in [-0.1, -0.05) is 13.8 Å². The Labute approximate surface area is 140 Å². The minimum atomic E-state index is -4.74. The zero-order chi connectivity index (χ0) is 18.0. The van der Waals surface area contributed by atoms with Crippen LogP contribution in [0.3, 0.4) is 0 Å². The zero-order valence-electron chi connectivity index (χ0n) is 14.6. The van der Waals surface area contributed by atoms with E-state index in [1.165, 1.54) is 6.92 Å². The van der Waals surface area contributed by atoms with E-state index in [0.717, 1.165) is 13.3 Å². The van der Waals surface area contributed by atoms with Crippen molar-refractivity contribution in [3.8, 4) is 0 Å². The topological polar surface area (TPSA) is 46.5 Å². The highest BCUT2D eigenvalue weighted by Gasteiger charge is 2.65. The Hall–Kier alpha value is -0.780. The van der Waals surface area contributed by atoms with Gasteiger partial charge in [0, 0.05) is 18.8 Å². The first kappa shape index (κ1) is 18.0. The number of carbonyl (C=O) groups is 1. The summed E-state index contributed by atoms with van der Waals surface area (Å²) in [7, 11) is 0. The molecule has 3 fully saturated rings. The first-order chi connectivity index (χ1) is 11.0. The highest BCUT2D eigenvalue weighted by atomic mass is 19.4. The van der Waals surface area contributed by atoms with Gasteiger partial charge >= 0.3 is 12.1 Å². The average Bonchev–Trinajstić information content (AvgIpc) is 2.95. The predicted octanol–water partition coefficient (Wildman–Crippen LogP) is 3.80. The number of rotatable bonds is 2. The third-order valence-corrected chi connectivity index (χ3v) is 7.45. The van der Waals surface area contributed by atoms with Crippen molar-refractivity contribution in [1.82, 2.24) is 0 Å². The minimum absolute atomic E-state index is 0.0577. The van der Waals surface area contributed by atoms with E-state index in [9.17, 15) is 23.1 Å². The van der Waals surface area contributed by atoms with Crippen LogP contribution in [0.5, 0.6) is 0 Å². The molecule has 0 saturated heterocycles. The molecule has 0 amide bonds. The molecule has 0 radical (unpaired) electrons. The monoisotopic (exact) mass is 348 g/mol. The fourth-order valence-corrected chi connectivity index (χ4v) is 6.06. The van der Waals surface area contributed by atoms with E-state index in [0.29, 0.717) is 30.1 Å². The number of halogens is 3. The van der Waals surface area contributed by atoms with Crippen molar-refractivity contribution in [2.24, 2.45) is 41.4 Å². The molecule has 9 unspecified atom stereocenters. The van der Waals surface area contributed by atoms with Gasteiger partial charge in [-0.15, -0.1) is 0 Å². The van der Waals surface area contributed by atoms with Gasteiger partial charge in [0.2, 0.25) is 0 Å². The Kier molecular flexibility index (Phi) is 4.22. The van der Waals surface area contributed by atoms with Crippen LogP contribution in [0.25, 0.3) is 0 Å². The van der Waals surface area contributed by atoms with Crippen LogP contribution in [-0.4, -0.2) is 29.0 Å². The van der Waals surface area contributed by atoms with Crippen LogP contribution >= 0.6 is 0 Å². The largest absolute Gasteiger partial charge is 0.462 e. The Bertz CT molecular complexity index is 514. The maximum absolute atomic E-state index is 13.4. The number of ether oxygens (including phenoxy) is 1. The quantitative estimate of drug-likeness (QED) is 0.772. The van der Waals surface area contributed by atoms with Crippen LogP contribution in [0.1, 0.15) is 47.0 Å². The van der Waals surface area contributed by atoms with E-state index >= 15 is 0 Å². The van der Waals surface area contributed by atoms with Crippen LogP contribution in [0.15, 0.2) is 0 Å². The van der Waals surface area contributed by atoms with Gasteiger partial charge in [-0.2, -0.15) is 13.2 Å². The fraction of sp³-hybridized carbons (Fsp3) is 0.944. The van der Waals surface area contributed by atoms with Crippen molar-refractivity contribution < 1.29 is 27.8 Å². The molecule has 1 N–H and O–H groups in total. The van der Waals surface area contributed by atoms with E-state index in [2.05, 4.69) is 13.8 Å². The lowest BCUT2D eigenvalue weighted by Gasteiger charge is -2.51. The molecule has 2 bridgehead atoms. The van der Waals surface area contributed by atoms with Crippen molar-refractivity contribution in [3.05, 3.63) is 0 Å². The molecule has 3 aliphatic rings. The van der Waals surface area contributed by atoms with Gasteiger partial charge in [-0.3, -0.25) is 4.79 Å². The van der Waals surface area contributed by atoms with Crippen molar-refractivity contribution >= 4 is 5.97 Å². The fourth-order valence-electron chi connectivity index (χ4n) is 6.06. The first-order valence-corrected chi connectivity index (χ1v) is 8.93. The number of aliphatic hydroxyl groups is 1. The molecular weight excluding hydrogens is 321 g/mol. The number of hydrogen-bond donors (Lipinski definition) is 1. The molecule has 24 heavy (non-hydrogen) atoms. The van der Waals surface area contributed by atoms with Gasteiger partial charge in [-0.25, -0.2) is 0 Å². The SMILES string of the molecule is CC(=O)OC1C2C3CC(C(C)C3C)C2CCC1C(C)(O)C(F)(F)F. The molecule has 6 heteroatoms. The van der Waals surface area contributed by atoms with E-state index in [-0.39, 0.29) is 18.3 Å².